The number of aromatic nitrogens is 1. The van der Waals surface area contributed by atoms with Crippen LogP contribution in [0, 0.1) is 11.6 Å². The minimum atomic E-state index is -0.899. The van der Waals surface area contributed by atoms with Crippen molar-refractivity contribution in [3.8, 4) is 0 Å². The number of hydrogen-bond donors (Lipinski definition) is 1. The Morgan fingerprint density at radius 3 is 2.60 bits per heavy atom. The summed E-state index contributed by atoms with van der Waals surface area (Å²) in [6.45, 7) is 0. The molecule has 0 unspecified atom stereocenters. The van der Waals surface area contributed by atoms with Crippen LogP contribution in [0.4, 0.5) is 14.5 Å². The van der Waals surface area contributed by atoms with Crippen LogP contribution < -0.4 is 5.32 Å². The maximum Gasteiger partial charge on any atom is 0.258 e. The van der Waals surface area contributed by atoms with Crippen molar-refractivity contribution in [2.45, 2.75) is 0 Å². The number of nitrogens with zero attached hydrogens (tertiary/aromatic N) is 1. The average Bonchev–Trinajstić information content (AvgIpc) is 2.36. The summed E-state index contributed by atoms with van der Waals surface area (Å²) in [5, 5.41) is 2.29. The fraction of sp³-hybridized carbons (Fsp3) is 0. The predicted octanol–water partition coefficient (Wildman–Crippen LogP) is 4.79. The number of carbonyl (C=O) groups is 1. The summed E-state index contributed by atoms with van der Waals surface area (Å²) in [6, 6.07) is 3.15. The summed E-state index contributed by atoms with van der Waals surface area (Å²) in [7, 11) is 0. The predicted molar refractivity (Wildman–Crippen MR) is 79.0 cm³/mol. The first-order valence-corrected chi connectivity index (χ1v) is 7.12. The number of rotatable bonds is 2. The lowest BCUT2D eigenvalue weighted by molar-refractivity contribution is 0.102. The Morgan fingerprint density at radius 2 is 1.95 bits per heavy atom. The summed E-state index contributed by atoms with van der Waals surface area (Å²) >= 11 is 11.9. The van der Waals surface area contributed by atoms with Crippen molar-refractivity contribution in [2.75, 3.05) is 5.32 Å². The van der Waals surface area contributed by atoms with Gasteiger partial charge >= 0.3 is 0 Å². The number of halogens is 5. The molecule has 0 aliphatic rings. The molecule has 2 aromatic rings. The Bertz CT molecular complexity index is 674. The third-order valence-corrected chi connectivity index (χ3v) is 3.66. The van der Waals surface area contributed by atoms with Crippen LogP contribution in [0.5, 0.6) is 0 Å². The van der Waals surface area contributed by atoms with Gasteiger partial charge in [-0.15, -0.1) is 0 Å². The summed E-state index contributed by atoms with van der Waals surface area (Å²) in [5.74, 6) is -2.31. The van der Waals surface area contributed by atoms with E-state index in [4.69, 9.17) is 11.6 Å². The number of amides is 1. The number of hydrogen-bond acceptors (Lipinski definition) is 2. The van der Waals surface area contributed by atoms with Gasteiger partial charge in [-0.1, -0.05) is 11.6 Å². The lowest BCUT2D eigenvalue weighted by Gasteiger charge is -2.09. The van der Waals surface area contributed by atoms with E-state index >= 15 is 0 Å². The van der Waals surface area contributed by atoms with Gasteiger partial charge in [0, 0.05) is 21.2 Å². The Balaban J connectivity index is 2.35. The zero-order valence-electron chi connectivity index (χ0n) is 9.55. The first-order chi connectivity index (χ1) is 9.38. The van der Waals surface area contributed by atoms with E-state index in [1.165, 1.54) is 12.3 Å². The normalized spacial score (nSPS) is 10.4. The van der Waals surface area contributed by atoms with Crippen molar-refractivity contribution in [3.63, 3.8) is 0 Å². The SMILES string of the molecule is O=C(Nc1c(F)cc(F)cc1Br)c1cc(Br)cnc1Cl. The molecular weight excluding hydrogens is 421 g/mol. The largest absolute Gasteiger partial charge is 0.318 e. The van der Waals surface area contributed by atoms with Crippen LogP contribution in [0.2, 0.25) is 5.15 Å². The maximum atomic E-state index is 13.6. The highest BCUT2D eigenvalue weighted by Gasteiger charge is 2.17. The van der Waals surface area contributed by atoms with Gasteiger partial charge in [0.2, 0.25) is 0 Å². The molecule has 0 bridgehead atoms. The monoisotopic (exact) mass is 424 g/mol. The first kappa shape index (κ1) is 15.3. The van der Waals surface area contributed by atoms with E-state index in [0.29, 0.717) is 10.5 Å². The van der Waals surface area contributed by atoms with E-state index in [-0.39, 0.29) is 20.9 Å². The molecular formula is C12H5Br2ClF2N2O. The average molecular weight is 426 g/mol. The molecule has 20 heavy (non-hydrogen) atoms. The van der Waals surface area contributed by atoms with Crippen LogP contribution in [-0.2, 0) is 0 Å². The van der Waals surface area contributed by atoms with Gasteiger partial charge in [0.1, 0.15) is 11.0 Å². The lowest BCUT2D eigenvalue weighted by atomic mass is 10.2. The molecule has 1 amide bonds. The minimum Gasteiger partial charge on any atom is -0.318 e. The third kappa shape index (κ3) is 3.34. The summed E-state index contributed by atoms with van der Waals surface area (Å²) in [4.78, 5) is 15.8. The second-order valence-electron chi connectivity index (χ2n) is 3.69. The van der Waals surface area contributed by atoms with Gasteiger partial charge in [0.25, 0.3) is 5.91 Å². The lowest BCUT2D eigenvalue weighted by Crippen LogP contribution is -2.14. The van der Waals surface area contributed by atoms with Gasteiger partial charge in [-0.3, -0.25) is 4.79 Å². The van der Waals surface area contributed by atoms with Crippen molar-refractivity contribution in [2.24, 2.45) is 0 Å². The molecule has 1 aromatic carbocycles. The highest BCUT2D eigenvalue weighted by atomic mass is 79.9. The number of carbonyl (C=O) groups excluding carboxylic acids is 1. The second kappa shape index (κ2) is 6.15. The van der Waals surface area contributed by atoms with Crippen molar-refractivity contribution in [1.82, 2.24) is 4.98 Å². The van der Waals surface area contributed by atoms with Gasteiger partial charge in [-0.05, 0) is 44.0 Å². The summed E-state index contributed by atoms with van der Waals surface area (Å²) in [5.41, 5.74) is -0.107. The molecule has 2 rings (SSSR count). The van der Waals surface area contributed by atoms with Crippen molar-refractivity contribution in [1.29, 1.82) is 0 Å². The maximum absolute atomic E-state index is 13.6. The van der Waals surface area contributed by atoms with Crippen LogP contribution in [0.25, 0.3) is 0 Å². The zero-order chi connectivity index (χ0) is 14.9. The molecule has 8 heteroatoms. The molecule has 0 saturated heterocycles. The van der Waals surface area contributed by atoms with Crippen molar-refractivity contribution < 1.29 is 13.6 Å². The van der Waals surface area contributed by atoms with E-state index in [1.54, 1.807) is 0 Å². The fourth-order valence-corrected chi connectivity index (χ4v) is 2.45. The van der Waals surface area contributed by atoms with E-state index in [9.17, 15) is 13.6 Å². The van der Waals surface area contributed by atoms with Crippen LogP contribution in [0.15, 0.2) is 33.3 Å². The van der Waals surface area contributed by atoms with E-state index < -0.39 is 17.5 Å². The van der Waals surface area contributed by atoms with Crippen LogP contribution in [0.1, 0.15) is 10.4 Å². The molecule has 0 saturated carbocycles. The van der Waals surface area contributed by atoms with Gasteiger partial charge in [-0.25, -0.2) is 13.8 Å². The smallest absolute Gasteiger partial charge is 0.258 e. The third-order valence-electron chi connectivity index (χ3n) is 2.30. The highest BCUT2D eigenvalue weighted by molar-refractivity contribution is 9.10. The van der Waals surface area contributed by atoms with Gasteiger partial charge in [-0.2, -0.15) is 0 Å². The Morgan fingerprint density at radius 1 is 1.25 bits per heavy atom. The molecule has 1 aromatic heterocycles. The van der Waals surface area contributed by atoms with Gasteiger partial charge in [0.05, 0.1) is 11.3 Å². The number of anilines is 1. The Kier molecular flexibility index (Phi) is 4.72. The number of pyridine rings is 1. The number of nitrogens with one attached hydrogen (secondary N) is 1. The Hall–Kier alpha value is -1.05. The molecule has 0 radical (unpaired) electrons. The molecule has 0 fully saturated rings. The first-order valence-electron chi connectivity index (χ1n) is 5.15. The second-order valence-corrected chi connectivity index (χ2v) is 5.82. The van der Waals surface area contributed by atoms with E-state index in [2.05, 4.69) is 42.2 Å². The standard InChI is InChI=1S/C12H5Br2ClF2N2O/c13-5-1-7(11(15)18-4-5)12(20)19-10-8(14)2-6(16)3-9(10)17/h1-4H,(H,19,20). The zero-order valence-corrected chi connectivity index (χ0v) is 13.5. The highest BCUT2D eigenvalue weighted by Crippen LogP contribution is 2.28. The molecule has 1 N–H and O–H groups in total. The Labute approximate surface area is 134 Å². The summed E-state index contributed by atoms with van der Waals surface area (Å²) < 4.78 is 27.2. The number of benzene rings is 1. The van der Waals surface area contributed by atoms with Crippen molar-refractivity contribution in [3.05, 3.63) is 55.7 Å². The molecule has 0 aliphatic heterocycles. The van der Waals surface area contributed by atoms with Crippen LogP contribution in [-0.4, -0.2) is 10.9 Å². The summed E-state index contributed by atoms with van der Waals surface area (Å²) in [6.07, 6.45) is 1.42. The molecule has 104 valence electrons. The fourth-order valence-electron chi connectivity index (χ4n) is 1.42. The quantitative estimate of drug-likeness (QED) is 0.702. The van der Waals surface area contributed by atoms with E-state index in [1.807, 2.05) is 0 Å². The molecule has 3 nitrogen and oxygen atoms in total. The van der Waals surface area contributed by atoms with Crippen molar-refractivity contribution >= 4 is 55.1 Å². The van der Waals surface area contributed by atoms with Crippen LogP contribution >= 0.6 is 43.5 Å². The molecule has 1 heterocycles. The van der Waals surface area contributed by atoms with Gasteiger partial charge in [0.15, 0.2) is 5.82 Å². The molecule has 0 spiro atoms. The van der Waals surface area contributed by atoms with Crippen LogP contribution in [0.3, 0.4) is 0 Å². The minimum absolute atomic E-state index is 0.0238. The topological polar surface area (TPSA) is 42.0 Å². The molecule has 0 aliphatic carbocycles. The van der Waals surface area contributed by atoms with E-state index in [0.717, 1.165) is 6.07 Å². The molecule has 0 atom stereocenters. The van der Waals surface area contributed by atoms with Gasteiger partial charge < -0.3 is 5.32 Å².